The molecule has 5 fully saturated rings. The quantitative estimate of drug-likeness (QED) is 0.534. The van der Waals surface area contributed by atoms with E-state index in [-0.39, 0.29) is 5.60 Å². The molecule has 1 N–H and O–H groups in total. The first-order valence-corrected chi connectivity index (χ1v) is 11.4. The molecule has 2 bridgehead atoms. The van der Waals surface area contributed by atoms with E-state index in [1.807, 2.05) is 0 Å². The third-order valence-electron chi connectivity index (χ3n) is 9.32. The highest BCUT2D eigenvalue weighted by atomic mass is 16.6. The van der Waals surface area contributed by atoms with Crippen LogP contribution in [0.15, 0.2) is 12.2 Å². The van der Waals surface area contributed by atoms with Crippen LogP contribution < -0.4 is 0 Å². The minimum Gasteiger partial charge on any atom is -0.396 e. The topological polar surface area (TPSA) is 32.8 Å². The van der Waals surface area contributed by atoms with Crippen LogP contribution in [0.25, 0.3) is 0 Å². The zero-order chi connectivity index (χ0) is 18.2. The number of ether oxygens (including phenoxy) is 1. The molecule has 2 heteroatoms. The largest absolute Gasteiger partial charge is 0.396 e. The standard InChI is InChI=1S/C24H38O2/c1-16-12-23(10-8-17(13-23)6-5-11-25)21-24(26-21)9-4-7-18(14-24)20-19(16)15-22(20,2)3/h17-21,25H,1,4-15H2,2-3H3/t17-,18+,19-,20-,21+,23+,24-/m1/s1. The van der Waals surface area contributed by atoms with Crippen molar-refractivity contribution in [2.24, 2.45) is 34.5 Å². The molecule has 0 aromatic heterocycles. The minimum atomic E-state index is 0.232. The lowest BCUT2D eigenvalue weighted by atomic mass is 9.48. The summed E-state index contributed by atoms with van der Waals surface area (Å²) in [4.78, 5) is 0. The van der Waals surface area contributed by atoms with E-state index >= 15 is 0 Å². The van der Waals surface area contributed by atoms with E-state index in [1.54, 1.807) is 5.57 Å². The molecule has 1 aliphatic heterocycles. The van der Waals surface area contributed by atoms with E-state index < -0.39 is 0 Å². The predicted molar refractivity (Wildman–Crippen MR) is 105 cm³/mol. The van der Waals surface area contributed by atoms with Gasteiger partial charge in [-0.05, 0) is 93.3 Å². The van der Waals surface area contributed by atoms with Crippen molar-refractivity contribution in [1.29, 1.82) is 0 Å². The van der Waals surface area contributed by atoms with Crippen molar-refractivity contribution in [1.82, 2.24) is 0 Å². The molecule has 4 saturated carbocycles. The van der Waals surface area contributed by atoms with Crippen LogP contribution in [0, 0.1) is 34.5 Å². The first-order valence-electron chi connectivity index (χ1n) is 11.4. The van der Waals surface area contributed by atoms with E-state index in [0.29, 0.717) is 23.5 Å². The summed E-state index contributed by atoms with van der Waals surface area (Å²) in [5.41, 5.74) is 2.66. The van der Waals surface area contributed by atoms with E-state index in [2.05, 4.69) is 20.4 Å². The number of aliphatic hydroxyl groups excluding tert-OH is 1. The number of allylic oxidation sites excluding steroid dienone is 1. The Kier molecular flexibility index (Phi) is 3.98. The lowest BCUT2D eigenvalue weighted by molar-refractivity contribution is -0.0568. The molecule has 7 atom stereocenters. The zero-order valence-electron chi connectivity index (χ0n) is 16.9. The van der Waals surface area contributed by atoms with Gasteiger partial charge < -0.3 is 9.84 Å². The van der Waals surface area contributed by atoms with Crippen LogP contribution >= 0.6 is 0 Å². The summed E-state index contributed by atoms with van der Waals surface area (Å²) < 4.78 is 6.68. The van der Waals surface area contributed by atoms with Gasteiger partial charge in [0.2, 0.25) is 0 Å². The second-order valence-electron chi connectivity index (χ2n) is 11.4. The van der Waals surface area contributed by atoms with Crippen molar-refractivity contribution in [3.05, 3.63) is 12.2 Å². The molecular weight excluding hydrogens is 320 g/mol. The third-order valence-corrected chi connectivity index (χ3v) is 9.32. The number of aliphatic hydroxyl groups is 1. The summed E-state index contributed by atoms with van der Waals surface area (Å²) in [6.45, 7) is 10.0. The fraction of sp³-hybridized carbons (Fsp3) is 0.917. The first-order chi connectivity index (χ1) is 12.4. The van der Waals surface area contributed by atoms with Crippen LogP contribution in [-0.4, -0.2) is 23.4 Å². The molecule has 0 radical (unpaired) electrons. The van der Waals surface area contributed by atoms with Crippen LogP contribution in [0.4, 0.5) is 0 Å². The third kappa shape index (κ3) is 2.50. The zero-order valence-corrected chi connectivity index (χ0v) is 16.9. The number of hydrogen-bond acceptors (Lipinski definition) is 2. The van der Waals surface area contributed by atoms with Gasteiger partial charge in [0, 0.05) is 12.0 Å². The molecule has 5 aliphatic rings. The van der Waals surface area contributed by atoms with Gasteiger partial charge in [0.1, 0.15) is 0 Å². The SMILES string of the molecule is C=C1C[C@]2(CC[C@@H](CCCO)C2)[C@@H]2O[C@@]23CCC[C@@H](C3)[C@@H]2[C@@H]1CC2(C)C. The minimum absolute atomic E-state index is 0.232. The second-order valence-corrected chi connectivity index (χ2v) is 11.4. The van der Waals surface area contributed by atoms with Gasteiger partial charge in [0.05, 0.1) is 11.7 Å². The summed E-state index contributed by atoms with van der Waals surface area (Å²) in [6, 6.07) is 0. The molecule has 1 heterocycles. The Hall–Kier alpha value is -0.340. The van der Waals surface area contributed by atoms with Crippen molar-refractivity contribution >= 4 is 0 Å². The van der Waals surface area contributed by atoms with E-state index in [9.17, 15) is 5.11 Å². The number of epoxide rings is 1. The van der Waals surface area contributed by atoms with Crippen LogP contribution in [0.1, 0.15) is 84.5 Å². The number of rotatable bonds is 3. The predicted octanol–water partition coefficient (Wildman–Crippen LogP) is 5.50. The Bertz CT molecular complexity index is 595. The lowest BCUT2D eigenvalue weighted by Gasteiger charge is -2.57. The van der Waals surface area contributed by atoms with Crippen molar-refractivity contribution in [3.63, 3.8) is 0 Å². The van der Waals surface area contributed by atoms with Crippen molar-refractivity contribution in [3.8, 4) is 0 Å². The van der Waals surface area contributed by atoms with Gasteiger partial charge in [-0.15, -0.1) is 0 Å². The normalized spacial score (nSPS) is 51.7. The molecular formula is C24H38O2. The summed E-state index contributed by atoms with van der Waals surface area (Å²) in [6.07, 6.45) is 14.7. The number of fused-ring (bicyclic) bond motifs is 4. The Labute approximate surface area is 159 Å². The van der Waals surface area contributed by atoms with Gasteiger partial charge in [-0.2, -0.15) is 0 Å². The second kappa shape index (κ2) is 5.83. The fourth-order valence-electron chi connectivity index (χ4n) is 8.40. The van der Waals surface area contributed by atoms with Gasteiger partial charge in [0.15, 0.2) is 0 Å². The highest BCUT2D eigenvalue weighted by Gasteiger charge is 2.69. The molecule has 5 rings (SSSR count). The maximum atomic E-state index is 9.25. The summed E-state index contributed by atoms with van der Waals surface area (Å²) in [7, 11) is 0. The Morgan fingerprint density at radius 2 is 2.00 bits per heavy atom. The van der Waals surface area contributed by atoms with Crippen LogP contribution in [-0.2, 0) is 4.74 Å². The molecule has 2 nitrogen and oxygen atoms in total. The average Bonchev–Trinajstić information content (AvgIpc) is 3.11. The molecule has 1 saturated heterocycles. The molecule has 0 unspecified atom stereocenters. The van der Waals surface area contributed by atoms with E-state index in [0.717, 1.165) is 30.1 Å². The van der Waals surface area contributed by atoms with Crippen molar-refractivity contribution in [2.75, 3.05) is 6.61 Å². The van der Waals surface area contributed by atoms with Crippen molar-refractivity contribution in [2.45, 2.75) is 96.2 Å². The van der Waals surface area contributed by atoms with E-state index in [4.69, 9.17) is 4.74 Å². The molecule has 26 heavy (non-hydrogen) atoms. The highest BCUT2D eigenvalue weighted by molar-refractivity contribution is 5.25. The van der Waals surface area contributed by atoms with Gasteiger partial charge >= 0.3 is 0 Å². The first kappa shape index (κ1) is 17.7. The smallest absolute Gasteiger partial charge is 0.0957 e. The van der Waals surface area contributed by atoms with Gasteiger partial charge in [-0.3, -0.25) is 0 Å². The molecule has 0 amide bonds. The average molecular weight is 359 g/mol. The van der Waals surface area contributed by atoms with Gasteiger partial charge in [-0.25, -0.2) is 0 Å². The Morgan fingerprint density at radius 1 is 1.15 bits per heavy atom. The van der Waals surface area contributed by atoms with Crippen molar-refractivity contribution < 1.29 is 9.84 Å². The van der Waals surface area contributed by atoms with Crippen LogP contribution in [0.2, 0.25) is 0 Å². The Morgan fingerprint density at radius 3 is 2.77 bits per heavy atom. The maximum absolute atomic E-state index is 9.25. The monoisotopic (exact) mass is 358 g/mol. The van der Waals surface area contributed by atoms with Crippen LogP contribution in [0.3, 0.4) is 0 Å². The fourth-order valence-corrected chi connectivity index (χ4v) is 8.40. The molecule has 146 valence electrons. The number of hydrogen-bond donors (Lipinski definition) is 1. The summed E-state index contributed by atoms with van der Waals surface area (Å²) in [5.74, 6) is 3.28. The molecule has 0 aromatic carbocycles. The lowest BCUT2D eigenvalue weighted by Crippen LogP contribution is -2.50. The van der Waals surface area contributed by atoms with Gasteiger partial charge in [0.25, 0.3) is 0 Å². The van der Waals surface area contributed by atoms with Gasteiger partial charge in [-0.1, -0.05) is 32.4 Å². The van der Waals surface area contributed by atoms with E-state index in [1.165, 1.54) is 64.2 Å². The Balaban J connectivity index is 1.44. The highest BCUT2D eigenvalue weighted by Crippen LogP contribution is 2.70. The molecule has 2 spiro atoms. The summed E-state index contributed by atoms with van der Waals surface area (Å²) >= 11 is 0. The van der Waals surface area contributed by atoms with Crippen LogP contribution in [0.5, 0.6) is 0 Å². The molecule has 4 aliphatic carbocycles. The summed E-state index contributed by atoms with van der Waals surface area (Å²) in [5, 5.41) is 9.25. The molecule has 0 aromatic rings. The maximum Gasteiger partial charge on any atom is 0.0957 e.